The first kappa shape index (κ1) is 12.7. The van der Waals surface area contributed by atoms with Gasteiger partial charge in [0.2, 0.25) is 0 Å². The molecule has 0 spiro atoms. The van der Waals surface area contributed by atoms with Crippen LogP contribution in [0.4, 0.5) is 0 Å². The largest absolute Gasteiger partial charge is 0.496 e. The maximum absolute atomic E-state index is 5.84. The van der Waals surface area contributed by atoms with Crippen LogP contribution in [0.3, 0.4) is 0 Å². The van der Waals surface area contributed by atoms with Crippen molar-refractivity contribution < 1.29 is 4.74 Å². The highest BCUT2D eigenvalue weighted by Gasteiger charge is 2.45. The van der Waals surface area contributed by atoms with Gasteiger partial charge in [-0.1, -0.05) is 15.9 Å². The summed E-state index contributed by atoms with van der Waals surface area (Å²) in [5.41, 5.74) is 7.89. The summed E-state index contributed by atoms with van der Waals surface area (Å²) in [5, 5.41) is 0. The van der Waals surface area contributed by atoms with Crippen LogP contribution in [-0.2, 0) is 5.41 Å². The Kier molecular flexibility index (Phi) is 3.11. The van der Waals surface area contributed by atoms with E-state index >= 15 is 0 Å². The molecule has 0 bridgehead atoms. The summed E-state index contributed by atoms with van der Waals surface area (Å²) in [4.78, 5) is 7.89. The van der Waals surface area contributed by atoms with Crippen molar-refractivity contribution >= 4 is 15.9 Å². The minimum atomic E-state index is 0.0809. The molecule has 1 aromatic heterocycles. The average Bonchev–Trinajstić information content (AvgIpc) is 3.08. The van der Waals surface area contributed by atoms with Crippen molar-refractivity contribution in [3.63, 3.8) is 0 Å². The number of hydrogen-bond donors (Lipinski definition) is 2. The van der Waals surface area contributed by atoms with Gasteiger partial charge in [-0.05, 0) is 31.0 Å². The van der Waals surface area contributed by atoms with Crippen LogP contribution in [0.5, 0.6) is 5.75 Å². The molecule has 1 aliphatic rings. The summed E-state index contributed by atoms with van der Waals surface area (Å²) in [6.07, 6.45) is 4.09. The van der Waals surface area contributed by atoms with E-state index in [1.54, 1.807) is 7.11 Å². The third-order valence-corrected chi connectivity index (χ3v) is 4.27. The Hall–Kier alpha value is -1.33. The van der Waals surface area contributed by atoms with E-state index in [-0.39, 0.29) is 5.41 Å². The first-order chi connectivity index (χ1) is 9.18. The smallest absolute Gasteiger partial charge is 0.128 e. The molecule has 0 amide bonds. The molecule has 1 fully saturated rings. The van der Waals surface area contributed by atoms with E-state index in [0.717, 1.165) is 40.1 Å². The van der Waals surface area contributed by atoms with Gasteiger partial charge in [0.25, 0.3) is 0 Å². The number of nitrogens with zero attached hydrogens (tertiary/aromatic N) is 1. The third kappa shape index (κ3) is 2.17. The van der Waals surface area contributed by atoms with E-state index in [1.165, 1.54) is 0 Å². The lowest BCUT2D eigenvalue weighted by molar-refractivity contribution is 0.416. The average molecular weight is 322 g/mol. The number of aromatic amines is 1. The minimum Gasteiger partial charge on any atom is -0.496 e. The molecular weight excluding hydrogens is 306 g/mol. The summed E-state index contributed by atoms with van der Waals surface area (Å²) < 4.78 is 6.41. The molecule has 1 heterocycles. The normalized spacial score (nSPS) is 16.4. The highest BCUT2D eigenvalue weighted by molar-refractivity contribution is 9.10. The first-order valence-corrected chi connectivity index (χ1v) is 7.07. The third-order valence-electron chi connectivity index (χ3n) is 3.77. The van der Waals surface area contributed by atoms with E-state index < -0.39 is 0 Å². The summed E-state index contributed by atoms with van der Waals surface area (Å²) >= 11 is 3.49. The number of imidazole rings is 1. The number of nitrogens with one attached hydrogen (secondary N) is 1. The minimum absolute atomic E-state index is 0.0809. The highest BCUT2D eigenvalue weighted by Crippen LogP contribution is 2.46. The molecule has 19 heavy (non-hydrogen) atoms. The Morgan fingerprint density at radius 2 is 2.26 bits per heavy atom. The van der Waals surface area contributed by atoms with Crippen molar-refractivity contribution in [2.24, 2.45) is 5.73 Å². The maximum atomic E-state index is 5.84. The topological polar surface area (TPSA) is 63.9 Å². The maximum Gasteiger partial charge on any atom is 0.128 e. The van der Waals surface area contributed by atoms with Gasteiger partial charge in [0.15, 0.2) is 0 Å². The van der Waals surface area contributed by atoms with Crippen LogP contribution in [0, 0.1) is 0 Å². The predicted molar refractivity (Wildman–Crippen MR) is 78.2 cm³/mol. The Morgan fingerprint density at radius 1 is 1.47 bits per heavy atom. The Bertz CT molecular complexity index is 604. The molecule has 100 valence electrons. The summed E-state index contributed by atoms with van der Waals surface area (Å²) in [7, 11) is 1.67. The van der Waals surface area contributed by atoms with E-state index in [0.29, 0.717) is 6.54 Å². The zero-order valence-corrected chi connectivity index (χ0v) is 12.3. The van der Waals surface area contributed by atoms with Crippen LogP contribution < -0.4 is 10.5 Å². The number of halogens is 1. The zero-order valence-electron chi connectivity index (χ0n) is 10.7. The van der Waals surface area contributed by atoms with Crippen LogP contribution in [0.2, 0.25) is 0 Å². The first-order valence-electron chi connectivity index (χ1n) is 6.28. The fourth-order valence-corrected chi connectivity index (χ4v) is 2.67. The molecule has 4 nitrogen and oxygen atoms in total. The fraction of sp³-hybridized carbons (Fsp3) is 0.357. The molecule has 2 aromatic rings. The second kappa shape index (κ2) is 4.65. The highest BCUT2D eigenvalue weighted by atomic mass is 79.9. The second-order valence-electron chi connectivity index (χ2n) is 4.97. The van der Waals surface area contributed by atoms with Crippen molar-refractivity contribution in [2.45, 2.75) is 18.3 Å². The van der Waals surface area contributed by atoms with Crippen LogP contribution >= 0.6 is 15.9 Å². The van der Waals surface area contributed by atoms with Gasteiger partial charge in [0, 0.05) is 22.0 Å². The predicted octanol–water partition coefficient (Wildman–Crippen LogP) is 2.84. The van der Waals surface area contributed by atoms with Gasteiger partial charge in [0.05, 0.1) is 19.0 Å². The molecule has 0 radical (unpaired) electrons. The van der Waals surface area contributed by atoms with Crippen LogP contribution in [0.15, 0.2) is 28.9 Å². The van der Waals surface area contributed by atoms with Crippen molar-refractivity contribution in [1.29, 1.82) is 0 Å². The zero-order chi connectivity index (χ0) is 13.5. The van der Waals surface area contributed by atoms with Gasteiger partial charge in [-0.3, -0.25) is 0 Å². The number of aromatic nitrogens is 2. The molecule has 3 rings (SSSR count). The van der Waals surface area contributed by atoms with E-state index in [1.807, 2.05) is 24.4 Å². The van der Waals surface area contributed by atoms with E-state index in [4.69, 9.17) is 10.5 Å². The molecule has 1 aromatic carbocycles. The van der Waals surface area contributed by atoms with Gasteiger partial charge < -0.3 is 15.5 Å². The summed E-state index contributed by atoms with van der Waals surface area (Å²) in [5.74, 6) is 1.82. The Labute approximate surface area is 120 Å². The summed E-state index contributed by atoms with van der Waals surface area (Å²) in [6, 6.07) is 5.93. The monoisotopic (exact) mass is 321 g/mol. The van der Waals surface area contributed by atoms with Gasteiger partial charge in [-0.25, -0.2) is 4.98 Å². The molecule has 5 heteroatoms. The number of ether oxygens (including phenoxy) is 1. The van der Waals surface area contributed by atoms with Gasteiger partial charge in [-0.2, -0.15) is 0 Å². The molecule has 0 aliphatic heterocycles. The number of rotatable bonds is 4. The fourth-order valence-electron chi connectivity index (χ4n) is 2.31. The summed E-state index contributed by atoms with van der Waals surface area (Å²) in [6.45, 7) is 0.648. The van der Waals surface area contributed by atoms with Gasteiger partial charge in [-0.15, -0.1) is 0 Å². The van der Waals surface area contributed by atoms with Crippen molar-refractivity contribution in [3.8, 4) is 17.0 Å². The molecular formula is C14H16BrN3O. The van der Waals surface area contributed by atoms with Crippen LogP contribution in [-0.4, -0.2) is 23.6 Å². The van der Waals surface area contributed by atoms with Crippen molar-refractivity contribution in [2.75, 3.05) is 13.7 Å². The number of hydrogen-bond acceptors (Lipinski definition) is 3. The van der Waals surface area contributed by atoms with Crippen molar-refractivity contribution in [3.05, 3.63) is 34.7 Å². The number of nitrogens with two attached hydrogens (primary N) is 1. The van der Waals surface area contributed by atoms with Crippen molar-refractivity contribution in [1.82, 2.24) is 9.97 Å². The molecule has 0 saturated heterocycles. The van der Waals surface area contributed by atoms with Crippen LogP contribution in [0.1, 0.15) is 18.7 Å². The SMILES string of the molecule is COc1ccc(Br)cc1-c1cnc(C2(CN)CC2)[nH]1. The lowest BCUT2D eigenvalue weighted by Crippen LogP contribution is -2.21. The molecule has 0 unspecified atom stereocenters. The number of benzene rings is 1. The number of methoxy groups -OCH3 is 1. The lowest BCUT2D eigenvalue weighted by Gasteiger charge is -2.09. The molecule has 3 N–H and O–H groups in total. The standard InChI is InChI=1S/C14H16BrN3O/c1-19-12-3-2-9(15)6-10(12)11-7-17-13(18-11)14(8-16)4-5-14/h2-3,6-7H,4-5,8,16H2,1H3,(H,17,18). The molecule has 0 atom stereocenters. The molecule has 1 saturated carbocycles. The molecule has 1 aliphatic carbocycles. The van der Waals surface area contributed by atoms with Gasteiger partial charge >= 0.3 is 0 Å². The number of H-pyrrole nitrogens is 1. The van der Waals surface area contributed by atoms with E-state index in [9.17, 15) is 0 Å². The van der Waals surface area contributed by atoms with Crippen LogP contribution in [0.25, 0.3) is 11.3 Å². The quantitative estimate of drug-likeness (QED) is 0.910. The second-order valence-corrected chi connectivity index (χ2v) is 5.89. The Balaban J connectivity index is 2.01. The lowest BCUT2D eigenvalue weighted by atomic mass is 10.1. The van der Waals surface area contributed by atoms with Gasteiger partial charge in [0.1, 0.15) is 11.6 Å². The Morgan fingerprint density at radius 3 is 2.89 bits per heavy atom. The van der Waals surface area contributed by atoms with E-state index in [2.05, 4.69) is 25.9 Å².